The molecule has 0 saturated heterocycles. The summed E-state index contributed by atoms with van der Waals surface area (Å²) in [6.07, 6.45) is 0. The molecule has 0 atom stereocenters. The van der Waals surface area contributed by atoms with Gasteiger partial charge in [0.2, 0.25) is 0 Å². The van der Waals surface area contributed by atoms with Crippen LogP contribution < -0.4 is 4.74 Å². The third kappa shape index (κ3) is 1.89. The first-order valence-corrected chi connectivity index (χ1v) is 4.71. The maximum Gasteiger partial charge on any atom is 0.129 e. The van der Waals surface area contributed by atoms with E-state index in [-0.39, 0.29) is 11.2 Å². The Kier molecular flexibility index (Phi) is 2.84. The summed E-state index contributed by atoms with van der Waals surface area (Å²) in [6, 6.07) is 3.29. The Hall–Kier alpha value is -1.05. The van der Waals surface area contributed by atoms with E-state index in [1.165, 1.54) is 6.07 Å². The maximum absolute atomic E-state index is 13.3. The molecule has 0 aliphatic rings. The third-order valence-electron chi connectivity index (χ3n) is 2.35. The topological polar surface area (TPSA) is 9.23 Å². The van der Waals surface area contributed by atoms with Gasteiger partial charge in [-0.15, -0.1) is 0 Å². The van der Waals surface area contributed by atoms with E-state index in [0.717, 1.165) is 5.56 Å². The Balaban J connectivity index is 3.39. The first-order chi connectivity index (χ1) is 6.38. The van der Waals surface area contributed by atoms with E-state index in [1.807, 2.05) is 0 Å². The molecule has 0 radical (unpaired) electrons. The predicted molar refractivity (Wildman–Crippen MR) is 56.4 cm³/mol. The van der Waals surface area contributed by atoms with Crippen LogP contribution in [-0.4, -0.2) is 7.11 Å². The largest absolute Gasteiger partial charge is 0.496 e. The molecule has 0 spiro atoms. The lowest BCUT2D eigenvalue weighted by atomic mass is 9.85. The zero-order valence-corrected chi connectivity index (χ0v) is 9.44. The Morgan fingerprint density at radius 1 is 1.21 bits per heavy atom. The van der Waals surface area contributed by atoms with Crippen molar-refractivity contribution in [2.24, 2.45) is 0 Å². The second-order valence-corrected chi connectivity index (χ2v) is 4.50. The van der Waals surface area contributed by atoms with E-state index in [9.17, 15) is 4.39 Å². The van der Waals surface area contributed by atoms with Gasteiger partial charge in [-0.1, -0.05) is 26.8 Å². The fraction of sp³-hybridized carbons (Fsp3) is 0.500. The third-order valence-corrected chi connectivity index (χ3v) is 2.35. The fourth-order valence-corrected chi connectivity index (χ4v) is 1.52. The molecule has 1 nitrogen and oxygen atoms in total. The second-order valence-electron chi connectivity index (χ2n) is 4.50. The summed E-state index contributed by atoms with van der Waals surface area (Å²) < 4.78 is 18.5. The van der Waals surface area contributed by atoms with Crippen molar-refractivity contribution in [2.75, 3.05) is 7.11 Å². The van der Waals surface area contributed by atoms with Crippen LogP contribution in [0.15, 0.2) is 12.1 Å². The summed E-state index contributed by atoms with van der Waals surface area (Å²) in [5.74, 6) is 0.451. The van der Waals surface area contributed by atoms with Crippen molar-refractivity contribution >= 4 is 0 Å². The van der Waals surface area contributed by atoms with E-state index in [0.29, 0.717) is 11.3 Å². The molecule has 14 heavy (non-hydrogen) atoms. The molecule has 0 aromatic heterocycles. The molecule has 1 aromatic rings. The minimum atomic E-state index is -0.213. The zero-order valence-electron chi connectivity index (χ0n) is 9.44. The van der Waals surface area contributed by atoms with E-state index in [1.54, 1.807) is 20.1 Å². The molecule has 0 N–H and O–H groups in total. The van der Waals surface area contributed by atoms with Crippen LogP contribution in [0.4, 0.5) is 4.39 Å². The lowest BCUT2D eigenvalue weighted by Gasteiger charge is -2.23. The van der Waals surface area contributed by atoms with Crippen LogP contribution in [0.25, 0.3) is 0 Å². The zero-order chi connectivity index (χ0) is 10.9. The fourth-order valence-electron chi connectivity index (χ4n) is 1.52. The molecule has 0 unspecified atom stereocenters. The van der Waals surface area contributed by atoms with Gasteiger partial charge in [0, 0.05) is 5.56 Å². The van der Waals surface area contributed by atoms with Gasteiger partial charge in [-0.05, 0) is 24.0 Å². The van der Waals surface area contributed by atoms with Gasteiger partial charge >= 0.3 is 0 Å². The van der Waals surface area contributed by atoms with Gasteiger partial charge in [0.25, 0.3) is 0 Å². The average Bonchev–Trinajstić information content (AvgIpc) is 2.07. The van der Waals surface area contributed by atoms with Crippen molar-refractivity contribution in [3.63, 3.8) is 0 Å². The van der Waals surface area contributed by atoms with Crippen LogP contribution in [-0.2, 0) is 5.41 Å². The Labute approximate surface area is 84.9 Å². The van der Waals surface area contributed by atoms with Crippen LogP contribution in [0, 0.1) is 12.7 Å². The van der Waals surface area contributed by atoms with Gasteiger partial charge in [-0.2, -0.15) is 0 Å². The van der Waals surface area contributed by atoms with Crippen molar-refractivity contribution in [1.29, 1.82) is 0 Å². The van der Waals surface area contributed by atoms with Crippen LogP contribution >= 0.6 is 0 Å². The van der Waals surface area contributed by atoms with Crippen LogP contribution in [0.1, 0.15) is 31.9 Å². The minimum absolute atomic E-state index is 0.0240. The molecular formula is C12H17FO. The number of benzene rings is 1. The normalized spacial score (nSPS) is 11.6. The molecule has 0 amide bonds. The molecule has 0 heterocycles. The van der Waals surface area contributed by atoms with Crippen LogP contribution in [0.2, 0.25) is 0 Å². The Morgan fingerprint density at radius 2 is 1.79 bits per heavy atom. The van der Waals surface area contributed by atoms with E-state index in [2.05, 4.69) is 20.8 Å². The monoisotopic (exact) mass is 196 g/mol. The molecular weight excluding hydrogens is 179 g/mol. The summed E-state index contributed by atoms with van der Waals surface area (Å²) in [5.41, 5.74) is 1.60. The quantitative estimate of drug-likeness (QED) is 0.668. The highest BCUT2D eigenvalue weighted by molar-refractivity contribution is 5.45. The molecule has 78 valence electrons. The highest BCUT2D eigenvalue weighted by Gasteiger charge is 2.21. The smallest absolute Gasteiger partial charge is 0.129 e. The van der Waals surface area contributed by atoms with Gasteiger partial charge in [0.1, 0.15) is 11.6 Å². The SMILES string of the molecule is COc1c(C(C)(C)C)ccc(F)c1C. The second kappa shape index (κ2) is 3.60. The van der Waals surface area contributed by atoms with Crippen molar-refractivity contribution in [3.8, 4) is 5.75 Å². The van der Waals surface area contributed by atoms with Crippen molar-refractivity contribution in [3.05, 3.63) is 29.1 Å². The van der Waals surface area contributed by atoms with E-state index >= 15 is 0 Å². The molecule has 0 aliphatic carbocycles. The van der Waals surface area contributed by atoms with Gasteiger partial charge in [-0.25, -0.2) is 4.39 Å². The number of rotatable bonds is 1. The molecule has 0 aliphatic heterocycles. The summed E-state index contributed by atoms with van der Waals surface area (Å²) in [6.45, 7) is 8.00. The molecule has 0 saturated carbocycles. The summed E-state index contributed by atoms with van der Waals surface area (Å²) in [5, 5.41) is 0. The first kappa shape index (κ1) is 11.0. The van der Waals surface area contributed by atoms with Crippen LogP contribution in [0.5, 0.6) is 5.75 Å². The van der Waals surface area contributed by atoms with Gasteiger partial charge in [0.15, 0.2) is 0 Å². The summed E-state index contributed by atoms with van der Waals surface area (Å²) in [4.78, 5) is 0. The number of methoxy groups -OCH3 is 1. The van der Waals surface area contributed by atoms with Crippen molar-refractivity contribution in [2.45, 2.75) is 33.1 Å². The lowest BCUT2D eigenvalue weighted by Crippen LogP contribution is -2.13. The average molecular weight is 196 g/mol. The van der Waals surface area contributed by atoms with Gasteiger partial charge in [-0.3, -0.25) is 0 Å². The Bertz CT molecular complexity index is 337. The highest BCUT2D eigenvalue weighted by Crippen LogP contribution is 2.34. The molecule has 1 rings (SSSR count). The van der Waals surface area contributed by atoms with Crippen molar-refractivity contribution in [1.82, 2.24) is 0 Å². The highest BCUT2D eigenvalue weighted by atomic mass is 19.1. The minimum Gasteiger partial charge on any atom is -0.496 e. The Morgan fingerprint density at radius 3 is 2.21 bits per heavy atom. The van der Waals surface area contributed by atoms with E-state index < -0.39 is 0 Å². The summed E-state index contributed by atoms with van der Waals surface area (Å²) >= 11 is 0. The van der Waals surface area contributed by atoms with E-state index in [4.69, 9.17) is 4.74 Å². The van der Waals surface area contributed by atoms with Crippen molar-refractivity contribution < 1.29 is 9.13 Å². The predicted octanol–water partition coefficient (Wildman–Crippen LogP) is 3.44. The number of ether oxygens (including phenoxy) is 1. The lowest BCUT2D eigenvalue weighted by molar-refractivity contribution is 0.390. The summed E-state index contributed by atoms with van der Waals surface area (Å²) in [7, 11) is 1.58. The first-order valence-electron chi connectivity index (χ1n) is 4.71. The van der Waals surface area contributed by atoms with Crippen LogP contribution in [0.3, 0.4) is 0 Å². The van der Waals surface area contributed by atoms with Gasteiger partial charge < -0.3 is 4.74 Å². The maximum atomic E-state index is 13.3. The number of halogens is 1. The number of hydrogen-bond acceptors (Lipinski definition) is 1. The van der Waals surface area contributed by atoms with Gasteiger partial charge in [0.05, 0.1) is 7.11 Å². The molecule has 0 fully saturated rings. The molecule has 0 bridgehead atoms. The molecule has 2 heteroatoms. The number of hydrogen-bond donors (Lipinski definition) is 0. The molecule has 1 aromatic carbocycles. The standard InChI is InChI=1S/C12H17FO/c1-8-10(13)7-6-9(11(8)14-5)12(2,3)4/h6-7H,1-5H3.